The Kier molecular flexibility index (Phi) is 4.00. The van der Waals surface area contributed by atoms with E-state index in [0.717, 1.165) is 5.75 Å². The zero-order chi connectivity index (χ0) is 6.62. The monoisotopic (exact) mass is 150 g/mol. The van der Waals surface area contributed by atoms with E-state index in [1.807, 2.05) is 11.8 Å². The molecular weight excluding hydrogens is 136 g/mol. The lowest BCUT2D eigenvalue weighted by molar-refractivity contribution is 0.494. The van der Waals surface area contributed by atoms with Crippen molar-refractivity contribution < 1.29 is 0 Å². The molecule has 2 heteroatoms. The highest BCUT2D eigenvalue weighted by molar-refractivity contribution is 7.98. The van der Waals surface area contributed by atoms with Crippen LogP contribution in [-0.4, -0.2) is 17.8 Å². The third kappa shape index (κ3) is 3.67. The molecule has 0 fully saturated rings. The summed E-state index contributed by atoms with van der Waals surface area (Å²) in [5.74, 6) is 2.18. The molecule has 0 aromatic carbocycles. The number of hydrogen-bond acceptors (Lipinski definition) is 2. The largest absolute Gasteiger partial charge is 0.179 e. The van der Waals surface area contributed by atoms with Crippen LogP contribution in [0.3, 0.4) is 0 Å². The van der Waals surface area contributed by atoms with Gasteiger partial charge >= 0.3 is 0 Å². The number of thiol groups is 1. The Hall–Kier alpha value is 0.700. The van der Waals surface area contributed by atoms with E-state index in [1.165, 1.54) is 5.75 Å². The van der Waals surface area contributed by atoms with Gasteiger partial charge in [-0.3, -0.25) is 0 Å². The van der Waals surface area contributed by atoms with Crippen molar-refractivity contribution in [2.45, 2.75) is 13.8 Å². The zero-order valence-electron chi connectivity index (χ0n) is 5.77. The third-order valence-corrected chi connectivity index (χ3v) is 2.89. The van der Waals surface area contributed by atoms with Gasteiger partial charge in [0.2, 0.25) is 0 Å². The van der Waals surface area contributed by atoms with Crippen molar-refractivity contribution in [1.29, 1.82) is 0 Å². The van der Waals surface area contributed by atoms with E-state index in [2.05, 4.69) is 32.7 Å². The summed E-state index contributed by atoms with van der Waals surface area (Å²) in [6.07, 6.45) is 2.13. The summed E-state index contributed by atoms with van der Waals surface area (Å²) in [4.78, 5) is 0. The molecule has 0 nitrogen and oxygen atoms in total. The van der Waals surface area contributed by atoms with Crippen LogP contribution in [0, 0.1) is 5.41 Å². The molecule has 0 aliphatic carbocycles. The summed E-state index contributed by atoms with van der Waals surface area (Å²) < 4.78 is 0. The summed E-state index contributed by atoms with van der Waals surface area (Å²) in [5.41, 5.74) is 0.419. The predicted molar refractivity (Wildman–Crippen MR) is 46.0 cm³/mol. The SMILES string of the molecule is CSCC(C)(C)CS. The van der Waals surface area contributed by atoms with Crippen molar-refractivity contribution in [3.63, 3.8) is 0 Å². The van der Waals surface area contributed by atoms with E-state index in [1.54, 1.807) is 0 Å². The lowest BCUT2D eigenvalue weighted by atomic mass is 10.0. The molecule has 0 unspecified atom stereocenters. The van der Waals surface area contributed by atoms with Crippen molar-refractivity contribution in [3.8, 4) is 0 Å². The van der Waals surface area contributed by atoms with Crippen LogP contribution in [0.5, 0.6) is 0 Å². The average Bonchev–Trinajstić information content (AvgIpc) is 1.67. The molecule has 0 rings (SSSR count). The van der Waals surface area contributed by atoms with Gasteiger partial charge in [-0.25, -0.2) is 0 Å². The van der Waals surface area contributed by atoms with Crippen molar-refractivity contribution >= 4 is 24.4 Å². The Bertz CT molecular complexity index is 59.5. The van der Waals surface area contributed by atoms with E-state index < -0.39 is 0 Å². The average molecular weight is 150 g/mol. The minimum Gasteiger partial charge on any atom is -0.179 e. The van der Waals surface area contributed by atoms with Gasteiger partial charge in [0.1, 0.15) is 0 Å². The fourth-order valence-electron chi connectivity index (χ4n) is 0.436. The van der Waals surface area contributed by atoms with Gasteiger partial charge < -0.3 is 0 Å². The Morgan fingerprint density at radius 2 is 2.00 bits per heavy atom. The van der Waals surface area contributed by atoms with Crippen molar-refractivity contribution in [2.24, 2.45) is 5.41 Å². The molecule has 0 aliphatic heterocycles. The topological polar surface area (TPSA) is 0 Å². The highest BCUT2D eigenvalue weighted by Crippen LogP contribution is 2.20. The van der Waals surface area contributed by atoms with E-state index in [9.17, 15) is 0 Å². The Labute approximate surface area is 61.8 Å². The maximum Gasteiger partial charge on any atom is -0.00111 e. The lowest BCUT2D eigenvalue weighted by Gasteiger charge is -2.19. The Morgan fingerprint density at radius 3 is 2.12 bits per heavy atom. The molecule has 0 aromatic rings. The molecule has 0 N–H and O–H groups in total. The summed E-state index contributed by atoms with van der Waals surface area (Å²) in [6.45, 7) is 4.47. The van der Waals surface area contributed by atoms with Gasteiger partial charge in [-0.15, -0.1) is 0 Å². The molecule has 0 saturated heterocycles. The van der Waals surface area contributed by atoms with E-state index >= 15 is 0 Å². The zero-order valence-corrected chi connectivity index (χ0v) is 7.48. The second-order valence-electron chi connectivity index (χ2n) is 2.76. The predicted octanol–water partition coefficient (Wildman–Crippen LogP) is 2.31. The fourth-order valence-corrected chi connectivity index (χ4v) is 1.58. The van der Waals surface area contributed by atoms with Crippen molar-refractivity contribution in [1.82, 2.24) is 0 Å². The highest BCUT2D eigenvalue weighted by Gasteiger charge is 2.13. The van der Waals surface area contributed by atoms with E-state index in [4.69, 9.17) is 0 Å². The summed E-state index contributed by atoms with van der Waals surface area (Å²) >= 11 is 6.11. The van der Waals surface area contributed by atoms with Crippen LogP contribution in [0.1, 0.15) is 13.8 Å². The van der Waals surface area contributed by atoms with Crippen LogP contribution < -0.4 is 0 Å². The molecule has 0 radical (unpaired) electrons. The molecule has 0 aliphatic rings. The number of hydrogen-bond donors (Lipinski definition) is 1. The first-order chi connectivity index (χ1) is 3.62. The quantitative estimate of drug-likeness (QED) is 0.602. The standard InChI is InChI=1S/C6H14S2/c1-6(2,4-7)5-8-3/h7H,4-5H2,1-3H3. The Morgan fingerprint density at radius 1 is 1.50 bits per heavy atom. The smallest absolute Gasteiger partial charge is 0.00111 e. The minimum absolute atomic E-state index is 0.419. The first-order valence-electron chi connectivity index (χ1n) is 2.72. The maximum atomic E-state index is 4.22. The van der Waals surface area contributed by atoms with Gasteiger partial charge in [0.15, 0.2) is 0 Å². The molecule has 0 amide bonds. The minimum atomic E-state index is 0.419. The van der Waals surface area contributed by atoms with E-state index in [-0.39, 0.29) is 0 Å². The highest BCUT2D eigenvalue weighted by atomic mass is 32.2. The van der Waals surface area contributed by atoms with Crippen LogP contribution in [0.4, 0.5) is 0 Å². The molecule has 0 saturated carbocycles. The second-order valence-corrected chi connectivity index (χ2v) is 3.94. The van der Waals surface area contributed by atoms with Gasteiger partial charge in [-0.1, -0.05) is 13.8 Å². The summed E-state index contributed by atoms with van der Waals surface area (Å²) in [7, 11) is 0. The van der Waals surface area contributed by atoms with Crippen LogP contribution in [-0.2, 0) is 0 Å². The number of rotatable bonds is 3. The molecule has 8 heavy (non-hydrogen) atoms. The van der Waals surface area contributed by atoms with Crippen LogP contribution in [0.2, 0.25) is 0 Å². The van der Waals surface area contributed by atoms with Crippen molar-refractivity contribution in [2.75, 3.05) is 17.8 Å². The van der Waals surface area contributed by atoms with Gasteiger partial charge in [0, 0.05) is 0 Å². The fraction of sp³-hybridized carbons (Fsp3) is 1.00. The first kappa shape index (κ1) is 8.70. The summed E-state index contributed by atoms with van der Waals surface area (Å²) in [6, 6.07) is 0. The third-order valence-electron chi connectivity index (χ3n) is 0.963. The first-order valence-corrected chi connectivity index (χ1v) is 4.75. The second kappa shape index (κ2) is 3.67. The molecule has 0 heterocycles. The van der Waals surface area contributed by atoms with E-state index in [0.29, 0.717) is 5.41 Å². The van der Waals surface area contributed by atoms with Gasteiger partial charge in [-0.05, 0) is 23.2 Å². The molecule has 0 aromatic heterocycles. The number of thioether (sulfide) groups is 1. The van der Waals surface area contributed by atoms with Crippen LogP contribution in [0.25, 0.3) is 0 Å². The molecule has 50 valence electrons. The molecule has 0 bridgehead atoms. The molecule has 0 atom stereocenters. The normalized spacial score (nSPS) is 12.0. The lowest BCUT2D eigenvalue weighted by Crippen LogP contribution is -2.15. The Balaban J connectivity index is 3.37. The van der Waals surface area contributed by atoms with Crippen LogP contribution in [0.15, 0.2) is 0 Å². The van der Waals surface area contributed by atoms with Gasteiger partial charge in [0.25, 0.3) is 0 Å². The molecular formula is C6H14S2. The van der Waals surface area contributed by atoms with Crippen molar-refractivity contribution in [3.05, 3.63) is 0 Å². The van der Waals surface area contributed by atoms with Gasteiger partial charge in [-0.2, -0.15) is 24.4 Å². The maximum absolute atomic E-state index is 4.22. The molecule has 0 spiro atoms. The summed E-state index contributed by atoms with van der Waals surface area (Å²) in [5, 5.41) is 0. The van der Waals surface area contributed by atoms with Gasteiger partial charge in [0.05, 0.1) is 0 Å². The van der Waals surface area contributed by atoms with Crippen LogP contribution >= 0.6 is 24.4 Å².